The summed E-state index contributed by atoms with van der Waals surface area (Å²) in [6.07, 6.45) is 5.42. The van der Waals surface area contributed by atoms with Crippen molar-refractivity contribution in [2.24, 2.45) is 0 Å². The second-order valence-corrected chi connectivity index (χ2v) is 4.73. The first-order chi connectivity index (χ1) is 7.85. The van der Waals surface area contributed by atoms with E-state index in [1.165, 1.54) is 17.7 Å². The molecule has 0 aliphatic rings. The quantitative estimate of drug-likeness (QED) is 0.754. The zero-order valence-corrected chi connectivity index (χ0v) is 10.1. The molecular formula is C13H14N2S. The highest BCUT2D eigenvalue weighted by atomic mass is 32.2. The minimum atomic E-state index is 0.731. The van der Waals surface area contributed by atoms with Crippen molar-refractivity contribution in [2.75, 3.05) is 12.0 Å². The maximum absolute atomic E-state index is 8.82. The van der Waals surface area contributed by atoms with Crippen LogP contribution in [0.15, 0.2) is 30.5 Å². The number of fused-ring (bicyclic) bond motifs is 1. The third-order valence-electron chi connectivity index (χ3n) is 2.65. The maximum Gasteiger partial charge on any atom is 0.0991 e. The number of benzene rings is 1. The second kappa shape index (κ2) is 5.09. The molecule has 0 amide bonds. The van der Waals surface area contributed by atoms with Gasteiger partial charge in [0.05, 0.1) is 11.6 Å². The Morgan fingerprint density at radius 2 is 2.25 bits per heavy atom. The van der Waals surface area contributed by atoms with E-state index in [1.807, 2.05) is 30.0 Å². The van der Waals surface area contributed by atoms with Crippen molar-refractivity contribution in [3.63, 3.8) is 0 Å². The third-order valence-corrected chi connectivity index (χ3v) is 3.34. The highest BCUT2D eigenvalue weighted by Crippen LogP contribution is 2.18. The molecule has 0 spiro atoms. The lowest BCUT2D eigenvalue weighted by Crippen LogP contribution is -1.96. The average Bonchev–Trinajstić information content (AvgIpc) is 2.72. The predicted octanol–water partition coefficient (Wildman–Crippen LogP) is 3.27. The van der Waals surface area contributed by atoms with Crippen LogP contribution in [0.3, 0.4) is 0 Å². The normalized spacial score (nSPS) is 10.5. The molecule has 0 atom stereocenters. The van der Waals surface area contributed by atoms with E-state index in [1.54, 1.807) is 0 Å². The van der Waals surface area contributed by atoms with Crippen LogP contribution in [0.1, 0.15) is 12.0 Å². The van der Waals surface area contributed by atoms with Gasteiger partial charge >= 0.3 is 0 Å². The van der Waals surface area contributed by atoms with Crippen molar-refractivity contribution in [3.8, 4) is 6.07 Å². The van der Waals surface area contributed by atoms with Crippen LogP contribution in [0.25, 0.3) is 10.9 Å². The number of aryl methyl sites for hydroxylation is 1. The second-order valence-electron chi connectivity index (χ2n) is 3.74. The minimum Gasteiger partial charge on any atom is -0.347 e. The zero-order chi connectivity index (χ0) is 11.4. The van der Waals surface area contributed by atoms with Gasteiger partial charge in [-0.1, -0.05) is 0 Å². The first kappa shape index (κ1) is 11.1. The van der Waals surface area contributed by atoms with Crippen LogP contribution >= 0.6 is 11.8 Å². The number of nitrogens with zero attached hydrogens (tertiary/aromatic N) is 2. The fourth-order valence-electron chi connectivity index (χ4n) is 1.84. The molecule has 0 bridgehead atoms. The molecule has 2 rings (SSSR count). The highest BCUT2D eigenvalue weighted by molar-refractivity contribution is 7.98. The van der Waals surface area contributed by atoms with E-state index in [2.05, 4.69) is 29.2 Å². The number of nitriles is 1. The van der Waals surface area contributed by atoms with Gasteiger partial charge in [0.25, 0.3) is 0 Å². The number of hydrogen-bond donors (Lipinski definition) is 0. The molecule has 82 valence electrons. The minimum absolute atomic E-state index is 0.731. The van der Waals surface area contributed by atoms with Crippen LogP contribution in [0, 0.1) is 11.3 Å². The van der Waals surface area contributed by atoms with Crippen molar-refractivity contribution < 1.29 is 0 Å². The van der Waals surface area contributed by atoms with Gasteiger partial charge in [-0.2, -0.15) is 17.0 Å². The summed E-state index contributed by atoms with van der Waals surface area (Å²) in [5.74, 6) is 1.19. The van der Waals surface area contributed by atoms with Crippen molar-refractivity contribution in [1.82, 2.24) is 4.57 Å². The van der Waals surface area contributed by atoms with Crippen LogP contribution in [0.5, 0.6) is 0 Å². The summed E-state index contributed by atoms with van der Waals surface area (Å²) in [5, 5.41) is 9.97. The summed E-state index contributed by atoms with van der Waals surface area (Å²) in [6.45, 7) is 1.05. The molecule has 0 radical (unpaired) electrons. The molecule has 0 saturated carbocycles. The summed E-state index contributed by atoms with van der Waals surface area (Å²) in [5.41, 5.74) is 1.95. The monoisotopic (exact) mass is 230 g/mol. The molecule has 0 fully saturated rings. The first-order valence-corrected chi connectivity index (χ1v) is 6.72. The molecule has 2 aromatic rings. The molecule has 16 heavy (non-hydrogen) atoms. The van der Waals surface area contributed by atoms with Gasteiger partial charge < -0.3 is 4.57 Å². The van der Waals surface area contributed by atoms with Gasteiger partial charge in [-0.15, -0.1) is 0 Å². The van der Waals surface area contributed by atoms with Gasteiger partial charge in [0.15, 0.2) is 0 Å². The molecule has 0 aliphatic carbocycles. The van der Waals surface area contributed by atoms with E-state index < -0.39 is 0 Å². The largest absolute Gasteiger partial charge is 0.347 e. The molecule has 0 saturated heterocycles. The van der Waals surface area contributed by atoms with Gasteiger partial charge in [0.1, 0.15) is 0 Å². The van der Waals surface area contributed by atoms with Crippen LogP contribution in [0.4, 0.5) is 0 Å². The van der Waals surface area contributed by atoms with Crippen LogP contribution < -0.4 is 0 Å². The van der Waals surface area contributed by atoms with E-state index in [-0.39, 0.29) is 0 Å². The van der Waals surface area contributed by atoms with E-state index >= 15 is 0 Å². The van der Waals surface area contributed by atoms with Crippen molar-refractivity contribution in [2.45, 2.75) is 13.0 Å². The fraction of sp³-hybridized carbons (Fsp3) is 0.308. The van der Waals surface area contributed by atoms with E-state index in [0.717, 1.165) is 17.5 Å². The molecule has 0 aliphatic heterocycles. The van der Waals surface area contributed by atoms with E-state index in [0.29, 0.717) is 0 Å². The Morgan fingerprint density at radius 1 is 1.38 bits per heavy atom. The summed E-state index contributed by atoms with van der Waals surface area (Å²) in [4.78, 5) is 0. The molecule has 0 N–H and O–H groups in total. The lowest BCUT2D eigenvalue weighted by Gasteiger charge is -2.04. The molecular weight excluding hydrogens is 216 g/mol. The number of aromatic nitrogens is 1. The van der Waals surface area contributed by atoms with Crippen molar-refractivity contribution in [3.05, 3.63) is 36.0 Å². The van der Waals surface area contributed by atoms with Gasteiger partial charge in [-0.25, -0.2) is 0 Å². The number of rotatable bonds is 4. The van der Waals surface area contributed by atoms with E-state index in [9.17, 15) is 0 Å². The summed E-state index contributed by atoms with van der Waals surface area (Å²) < 4.78 is 2.26. The predicted molar refractivity (Wildman–Crippen MR) is 69.7 cm³/mol. The standard InChI is InChI=1S/C13H14N2S/c1-16-8-2-6-15-7-5-12-9-11(10-14)3-4-13(12)15/h3-5,7,9H,2,6,8H2,1H3. The van der Waals surface area contributed by atoms with Gasteiger partial charge in [0.2, 0.25) is 0 Å². The SMILES string of the molecule is CSCCCn1ccc2cc(C#N)ccc21. The Labute approximate surface area is 99.9 Å². The number of hydrogen-bond acceptors (Lipinski definition) is 2. The number of thioether (sulfide) groups is 1. The Kier molecular flexibility index (Phi) is 3.53. The Morgan fingerprint density at radius 3 is 3.00 bits per heavy atom. The molecule has 2 nitrogen and oxygen atoms in total. The van der Waals surface area contributed by atoms with Gasteiger partial charge in [-0.05, 0) is 42.7 Å². The summed E-state index contributed by atoms with van der Waals surface area (Å²) in [7, 11) is 0. The molecule has 3 heteroatoms. The molecule has 1 aromatic heterocycles. The smallest absolute Gasteiger partial charge is 0.0991 e. The van der Waals surface area contributed by atoms with Crippen LogP contribution in [0.2, 0.25) is 0 Å². The first-order valence-electron chi connectivity index (χ1n) is 5.33. The molecule has 1 heterocycles. The Balaban J connectivity index is 2.25. The van der Waals surface area contributed by atoms with Crippen LogP contribution in [-0.2, 0) is 6.54 Å². The van der Waals surface area contributed by atoms with Crippen molar-refractivity contribution >= 4 is 22.7 Å². The molecule has 1 aromatic carbocycles. The topological polar surface area (TPSA) is 28.7 Å². The van der Waals surface area contributed by atoms with Gasteiger partial charge in [-0.3, -0.25) is 0 Å². The summed E-state index contributed by atoms with van der Waals surface area (Å²) in [6, 6.07) is 10.1. The molecule has 0 unspecified atom stereocenters. The average molecular weight is 230 g/mol. The zero-order valence-electron chi connectivity index (χ0n) is 9.31. The van der Waals surface area contributed by atoms with E-state index in [4.69, 9.17) is 5.26 Å². The fourth-order valence-corrected chi connectivity index (χ4v) is 2.26. The Hall–Kier alpha value is -1.40. The van der Waals surface area contributed by atoms with Crippen molar-refractivity contribution in [1.29, 1.82) is 5.26 Å². The van der Waals surface area contributed by atoms with Crippen LogP contribution in [-0.4, -0.2) is 16.6 Å². The Bertz CT molecular complexity index is 522. The van der Waals surface area contributed by atoms with Gasteiger partial charge in [0, 0.05) is 23.6 Å². The highest BCUT2D eigenvalue weighted by Gasteiger charge is 2.01. The maximum atomic E-state index is 8.82. The lowest BCUT2D eigenvalue weighted by atomic mass is 10.2. The lowest BCUT2D eigenvalue weighted by molar-refractivity contribution is 0.709. The summed E-state index contributed by atoms with van der Waals surface area (Å²) >= 11 is 1.88. The third kappa shape index (κ3) is 2.23.